The van der Waals surface area contributed by atoms with Gasteiger partial charge in [-0.3, -0.25) is 4.79 Å². The van der Waals surface area contributed by atoms with E-state index in [1.165, 1.54) is 0 Å². The van der Waals surface area contributed by atoms with Gasteiger partial charge in [-0.05, 0) is 24.8 Å². The maximum absolute atomic E-state index is 12.9. The number of β-amino-alcohol motifs (C(OH)–C–C–N with tert-alkyl or cyclic N) is 1. The summed E-state index contributed by atoms with van der Waals surface area (Å²) < 4.78 is 0. The predicted molar refractivity (Wildman–Crippen MR) is 73.8 cm³/mol. The second kappa shape index (κ2) is 4.97. The van der Waals surface area contributed by atoms with Crippen LogP contribution < -0.4 is 0 Å². The molecule has 1 atom stereocenters. The Bertz CT molecular complexity index is 451. The van der Waals surface area contributed by atoms with Gasteiger partial charge in [0.15, 0.2) is 0 Å². The average molecular weight is 259 g/mol. The lowest BCUT2D eigenvalue weighted by molar-refractivity contribution is -0.136. The van der Waals surface area contributed by atoms with Crippen LogP contribution >= 0.6 is 0 Å². The Labute approximate surface area is 114 Å². The molecule has 1 aliphatic carbocycles. The van der Waals surface area contributed by atoms with Crippen molar-refractivity contribution in [1.29, 1.82) is 0 Å². The zero-order chi connectivity index (χ0) is 13.3. The van der Waals surface area contributed by atoms with Gasteiger partial charge in [-0.25, -0.2) is 0 Å². The van der Waals surface area contributed by atoms with E-state index in [4.69, 9.17) is 0 Å². The van der Waals surface area contributed by atoms with Crippen LogP contribution in [-0.2, 0) is 10.2 Å². The van der Waals surface area contributed by atoms with Crippen molar-refractivity contribution < 1.29 is 9.90 Å². The van der Waals surface area contributed by atoms with Crippen LogP contribution in [0.2, 0.25) is 0 Å². The van der Waals surface area contributed by atoms with Crippen LogP contribution in [0.15, 0.2) is 30.3 Å². The molecule has 0 radical (unpaired) electrons. The molecule has 2 aliphatic rings. The van der Waals surface area contributed by atoms with E-state index in [-0.39, 0.29) is 17.4 Å². The highest BCUT2D eigenvalue weighted by molar-refractivity contribution is 5.89. The van der Waals surface area contributed by atoms with E-state index in [1.807, 2.05) is 23.1 Å². The van der Waals surface area contributed by atoms with Crippen LogP contribution in [0.3, 0.4) is 0 Å². The van der Waals surface area contributed by atoms with Crippen molar-refractivity contribution in [2.45, 2.75) is 43.6 Å². The number of benzene rings is 1. The molecule has 0 bridgehead atoms. The molecule has 3 nitrogen and oxygen atoms in total. The summed E-state index contributed by atoms with van der Waals surface area (Å²) in [5.74, 6) is 0.229. The van der Waals surface area contributed by atoms with Gasteiger partial charge in [0, 0.05) is 13.1 Å². The number of hydrogen-bond acceptors (Lipinski definition) is 2. The van der Waals surface area contributed by atoms with Gasteiger partial charge < -0.3 is 10.0 Å². The summed E-state index contributed by atoms with van der Waals surface area (Å²) in [6, 6.07) is 10.2. The summed E-state index contributed by atoms with van der Waals surface area (Å²) >= 11 is 0. The highest BCUT2D eigenvalue weighted by Gasteiger charge is 2.45. The summed E-state index contributed by atoms with van der Waals surface area (Å²) in [5.41, 5.74) is 0.824. The van der Waals surface area contributed by atoms with Gasteiger partial charge in [0.05, 0.1) is 11.5 Å². The van der Waals surface area contributed by atoms with Crippen molar-refractivity contribution in [3.05, 3.63) is 35.9 Å². The minimum absolute atomic E-state index is 0.229. The molecule has 1 saturated carbocycles. The van der Waals surface area contributed by atoms with E-state index < -0.39 is 0 Å². The molecule has 1 amide bonds. The molecule has 0 aromatic heterocycles. The third kappa shape index (κ3) is 2.16. The zero-order valence-electron chi connectivity index (χ0n) is 11.2. The Balaban J connectivity index is 1.91. The second-order valence-corrected chi connectivity index (χ2v) is 5.85. The van der Waals surface area contributed by atoms with Crippen molar-refractivity contribution in [3.8, 4) is 0 Å². The van der Waals surface area contributed by atoms with Crippen molar-refractivity contribution in [2.24, 2.45) is 0 Å². The first-order chi connectivity index (χ1) is 9.22. The Morgan fingerprint density at radius 1 is 1.21 bits per heavy atom. The highest BCUT2D eigenvalue weighted by Crippen LogP contribution is 2.43. The van der Waals surface area contributed by atoms with Crippen molar-refractivity contribution in [2.75, 3.05) is 13.1 Å². The third-order valence-corrected chi connectivity index (χ3v) is 4.64. The smallest absolute Gasteiger partial charge is 0.233 e. The molecular formula is C16H21NO2. The van der Waals surface area contributed by atoms with Gasteiger partial charge in [-0.2, -0.15) is 0 Å². The first-order valence-electron chi connectivity index (χ1n) is 7.25. The topological polar surface area (TPSA) is 40.5 Å². The Hall–Kier alpha value is -1.35. The quantitative estimate of drug-likeness (QED) is 0.883. The molecule has 2 fully saturated rings. The van der Waals surface area contributed by atoms with E-state index in [9.17, 15) is 9.90 Å². The lowest BCUT2D eigenvalue weighted by Gasteiger charge is -2.32. The normalized spacial score (nSPS) is 25.7. The maximum Gasteiger partial charge on any atom is 0.233 e. The summed E-state index contributed by atoms with van der Waals surface area (Å²) in [6.07, 6.45) is 4.52. The number of amides is 1. The molecule has 1 aliphatic heterocycles. The third-order valence-electron chi connectivity index (χ3n) is 4.64. The molecular weight excluding hydrogens is 238 g/mol. The number of aliphatic hydroxyl groups is 1. The van der Waals surface area contributed by atoms with Crippen molar-refractivity contribution >= 4 is 5.91 Å². The first-order valence-corrected chi connectivity index (χ1v) is 7.25. The van der Waals surface area contributed by atoms with Crippen molar-refractivity contribution in [1.82, 2.24) is 4.90 Å². The van der Waals surface area contributed by atoms with E-state index in [1.54, 1.807) is 0 Å². The standard InChI is InChI=1S/C16H21NO2/c18-14-8-11-17(12-14)15(19)16(9-4-5-10-16)13-6-2-1-3-7-13/h1-3,6-7,14,18H,4-5,8-12H2/t14-/m0/s1. The van der Waals surface area contributed by atoms with E-state index in [0.717, 1.165) is 37.7 Å². The van der Waals surface area contributed by atoms with E-state index >= 15 is 0 Å². The number of carbonyl (C=O) groups is 1. The van der Waals surface area contributed by atoms with Gasteiger partial charge in [-0.15, -0.1) is 0 Å². The zero-order valence-corrected chi connectivity index (χ0v) is 11.2. The van der Waals surface area contributed by atoms with Crippen LogP contribution in [-0.4, -0.2) is 35.1 Å². The molecule has 3 heteroatoms. The van der Waals surface area contributed by atoms with Crippen LogP contribution in [0.25, 0.3) is 0 Å². The van der Waals surface area contributed by atoms with Crippen LogP contribution in [0, 0.1) is 0 Å². The van der Waals surface area contributed by atoms with Gasteiger partial charge >= 0.3 is 0 Å². The van der Waals surface area contributed by atoms with Crippen molar-refractivity contribution in [3.63, 3.8) is 0 Å². The lowest BCUT2D eigenvalue weighted by Crippen LogP contribution is -2.44. The largest absolute Gasteiger partial charge is 0.391 e. The second-order valence-electron chi connectivity index (χ2n) is 5.85. The summed E-state index contributed by atoms with van der Waals surface area (Å²) in [7, 11) is 0. The minimum atomic E-state index is -0.335. The fourth-order valence-corrected chi connectivity index (χ4v) is 3.59. The molecule has 1 aromatic rings. The summed E-state index contributed by atoms with van der Waals surface area (Å²) in [4.78, 5) is 14.8. The Morgan fingerprint density at radius 2 is 1.89 bits per heavy atom. The average Bonchev–Trinajstić information content (AvgIpc) is 3.08. The van der Waals surface area contributed by atoms with Crippen LogP contribution in [0.1, 0.15) is 37.7 Å². The Kier molecular flexibility index (Phi) is 3.31. The molecule has 3 rings (SSSR count). The highest BCUT2D eigenvalue weighted by atomic mass is 16.3. The van der Waals surface area contributed by atoms with E-state index in [2.05, 4.69) is 12.1 Å². The number of aliphatic hydroxyl groups excluding tert-OH is 1. The fourth-order valence-electron chi connectivity index (χ4n) is 3.59. The monoisotopic (exact) mass is 259 g/mol. The molecule has 1 N–H and O–H groups in total. The Morgan fingerprint density at radius 3 is 2.47 bits per heavy atom. The molecule has 1 saturated heterocycles. The molecule has 1 aromatic carbocycles. The number of hydrogen-bond donors (Lipinski definition) is 1. The molecule has 1 heterocycles. The van der Waals surface area contributed by atoms with Gasteiger partial charge in [0.1, 0.15) is 0 Å². The lowest BCUT2D eigenvalue weighted by atomic mass is 9.77. The van der Waals surface area contributed by atoms with E-state index in [0.29, 0.717) is 13.1 Å². The minimum Gasteiger partial charge on any atom is -0.391 e. The number of nitrogens with zero attached hydrogens (tertiary/aromatic N) is 1. The maximum atomic E-state index is 12.9. The first kappa shape index (κ1) is 12.7. The van der Waals surface area contributed by atoms with Crippen LogP contribution in [0.5, 0.6) is 0 Å². The molecule has 19 heavy (non-hydrogen) atoms. The van der Waals surface area contributed by atoms with Gasteiger partial charge in [0.25, 0.3) is 0 Å². The molecule has 0 spiro atoms. The van der Waals surface area contributed by atoms with Crippen LogP contribution in [0.4, 0.5) is 0 Å². The predicted octanol–water partition coefficient (Wildman–Crippen LogP) is 2.09. The number of carbonyl (C=O) groups excluding carboxylic acids is 1. The number of rotatable bonds is 2. The number of likely N-dealkylation sites (tertiary alicyclic amines) is 1. The SMILES string of the molecule is O=C(N1CC[C@H](O)C1)C1(c2ccccc2)CCCC1. The summed E-state index contributed by atoms with van der Waals surface area (Å²) in [5, 5.41) is 9.65. The van der Waals surface area contributed by atoms with Gasteiger partial charge in [0.2, 0.25) is 5.91 Å². The molecule has 102 valence electrons. The summed E-state index contributed by atoms with van der Waals surface area (Å²) in [6.45, 7) is 1.21. The molecule has 0 unspecified atom stereocenters. The fraction of sp³-hybridized carbons (Fsp3) is 0.562. The van der Waals surface area contributed by atoms with Gasteiger partial charge in [-0.1, -0.05) is 43.2 Å².